The smallest absolute Gasteiger partial charge is 0.265 e. The number of ether oxygens (including phenoxy) is 1. The number of carbonyl (C=O) groups excluding carboxylic acids is 3. The molecule has 2 heterocycles. The number of hydrogen-bond acceptors (Lipinski definition) is 4. The largest absolute Gasteiger partial charge is 0.482 e. The van der Waals surface area contributed by atoms with E-state index in [-0.39, 0.29) is 24.3 Å². The summed E-state index contributed by atoms with van der Waals surface area (Å²) in [6.07, 6.45) is 0. The highest BCUT2D eigenvalue weighted by Gasteiger charge is 2.26. The van der Waals surface area contributed by atoms with Gasteiger partial charge in [-0.1, -0.05) is 18.2 Å². The van der Waals surface area contributed by atoms with E-state index in [1.807, 2.05) is 37.3 Å². The van der Waals surface area contributed by atoms with Crippen LogP contribution in [0.3, 0.4) is 0 Å². The zero-order valence-corrected chi connectivity index (χ0v) is 17.3. The molecular formula is C23H25N3O4. The number of fused-ring (bicyclic) bond motifs is 1. The molecule has 3 amide bonds. The summed E-state index contributed by atoms with van der Waals surface area (Å²) >= 11 is 0. The van der Waals surface area contributed by atoms with Crippen LogP contribution in [-0.4, -0.2) is 60.3 Å². The molecule has 0 radical (unpaired) electrons. The number of nitrogens with zero attached hydrogens (tertiary/aromatic N) is 3. The third-order valence-corrected chi connectivity index (χ3v) is 5.61. The van der Waals surface area contributed by atoms with Gasteiger partial charge in [-0.15, -0.1) is 0 Å². The minimum absolute atomic E-state index is 0.0267. The van der Waals surface area contributed by atoms with E-state index in [1.165, 1.54) is 0 Å². The molecule has 2 aromatic rings. The SMILES string of the molecule is CC(=O)N1CCN(C(=O)c2ccc(CN3C(=O)COc4ccc(C)cc43)cc2)CC1. The van der Waals surface area contributed by atoms with Crippen LogP contribution in [0.4, 0.5) is 5.69 Å². The van der Waals surface area contributed by atoms with Crippen LogP contribution < -0.4 is 9.64 Å². The summed E-state index contributed by atoms with van der Waals surface area (Å²) in [5.74, 6) is 0.627. The first-order chi connectivity index (χ1) is 14.4. The number of anilines is 1. The average molecular weight is 407 g/mol. The molecule has 1 fully saturated rings. The fourth-order valence-electron chi connectivity index (χ4n) is 3.83. The van der Waals surface area contributed by atoms with Crippen LogP contribution in [0, 0.1) is 6.92 Å². The lowest BCUT2D eigenvalue weighted by Gasteiger charge is -2.34. The Balaban J connectivity index is 1.45. The van der Waals surface area contributed by atoms with E-state index in [9.17, 15) is 14.4 Å². The first-order valence-electron chi connectivity index (χ1n) is 10.1. The second-order valence-corrected chi connectivity index (χ2v) is 7.73. The molecule has 0 spiro atoms. The van der Waals surface area contributed by atoms with Crippen molar-refractivity contribution in [1.82, 2.24) is 9.80 Å². The summed E-state index contributed by atoms with van der Waals surface area (Å²) in [6.45, 7) is 6.19. The molecule has 0 saturated carbocycles. The average Bonchev–Trinajstić information content (AvgIpc) is 2.76. The quantitative estimate of drug-likeness (QED) is 0.782. The van der Waals surface area contributed by atoms with Crippen molar-refractivity contribution in [3.8, 4) is 5.75 Å². The molecule has 2 aromatic carbocycles. The lowest BCUT2D eigenvalue weighted by atomic mass is 10.1. The highest BCUT2D eigenvalue weighted by atomic mass is 16.5. The van der Waals surface area contributed by atoms with Gasteiger partial charge in [-0.3, -0.25) is 14.4 Å². The molecule has 156 valence electrons. The number of rotatable bonds is 3. The van der Waals surface area contributed by atoms with Crippen molar-refractivity contribution in [3.05, 3.63) is 59.2 Å². The predicted molar refractivity (Wildman–Crippen MR) is 112 cm³/mol. The van der Waals surface area contributed by atoms with Gasteiger partial charge in [-0.25, -0.2) is 0 Å². The third-order valence-electron chi connectivity index (χ3n) is 5.61. The Bertz CT molecular complexity index is 978. The Morgan fingerprint density at radius 3 is 2.30 bits per heavy atom. The number of carbonyl (C=O) groups is 3. The maximum absolute atomic E-state index is 12.8. The Morgan fingerprint density at radius 2 is 1.63 bits per heavy atom. The van der Waals surface area contributed by atoms with Crippen molar-refractivity contribution in [2.45, 2.75) is 20.4 Å². The Labute approximate surface area is 175 Å². The van der Waals surface area contributed by atoms with Crippen molar-refractivity contribution in [3.63, 3.8) is 0 Å². The number of hydrogen-bond donors (Lipinski definition) is 0. The molecule has 2 aliphatic rings. The van der Waals surface area contributed by atoms with Gasteiger partial charge in [0.05, 0.1) is 12.2 Å². The number of piperazine rings is 1. The number of amides is 3. The zero-order chi connectivity index (χ0) is 21.3. The van der Waals surface area contributed by atoms with E-state index < -0.39 is 0 Å². The summed E-state index contributed by atoms with van der Waals surface area (Å²) in [7, 11) is 0. The molecular weight excluding hydrogens is 382 g/mol. The minimum Gasteiger partial charge on any atom is -0.482 e. The molecule has 0 N–H and O–H groups in total. The molecule has 0 bridgehead atoms. The van der Waals surface area contributed by atoms with Crippen LogP contribution in [0.15, 0.2) is 42.5 Å². The standard InChI is InChI=1S/C23H25N3O4/c1-16-3-8-21-20(13-16)26(22(28)15-30-21)14-18-4-6-19(7-5-18)23(29)25-11-9-24(10-12-25)17(2)27/h3-8,13H,9-12,14-15H2,1-2H3. The van der Waals surface area contributed by atoms with Crippen molar-refractivity contribution in [1.29, 1.82) is 0 Å². The Morgan fingerprint density at radius 1 is 0.967 bits per heavy atom. The van der Waals surface area contributed by atoms with Gasteiger partial charge >= 0.3 is 0 Å². The maximum atomic E-state index is 12.8. The van der Waals surface area contributed by atoms with E-state index in [1.54, 1.807) is 33.8 Å². The summed E-state index contributed by atoms with van der Waals surface area (Å²) in [5.41, 5.74) is 3.38. The first kappa shape index (κ1) is 19.9. The molecule has 4 rings (SSSR count). The van der Waals surface area contributed by atoms with Crippen LogP contribution in [-0.2, 0) is 16.1 Å². The highest BCUT2D eigenvalue weighted by molar-refractivity contribution is 5.98. The number of aryl methyl sites for hydroxylation is 1. The molecule has 0 atom stereocenters. The topological polar surface area (TPSA) is 70.2 Å². The van der Waals surface area contributed by atoms with Crippen LogP contribution in [0.1, 0.15) is 28.4 Å². The van der Waals surface area contributed by atoms with E-state index in [0.717, 1.165) is 16.8 Å². The van der Waals surface area contributed by atoms with Crippen LogP contribution in [0.25, 0.3) is 0 Å². The van der Waals surface area contributed by atoms with Gasteiger partial charge in [-0.2, -0.15) is 0 Å². The summed E-state index contributed by atoms with van der Waals surface area (Å²) in [6, 6.07) is 13.2. The van der Waals surface area contributed by atoms with E-state index in [0.29, 0.717) is 44.0 Å². The molecule has 0 aromatic heterocycles. The van der Waals surface area contributed by atoms with Crippen molar-refractivity contribution in [2.75, 3.05) is 37.7 Å². The predicted octanol–water partition coefficient (Wildman–Crippen LogP) is 2.22. The molecule has 0 aliphatic carbocycles. The van der Waals surface area contributed by atoms with Crippen LogP contribution in [0.5, 0.6) is 5.75 Å². The normalized spacial score (nSPS) is 16.2. The molecule has 30 heavy (non-hydrogen) atoms. The van der Waals surface area contributed by atoms with Gasteiger partial charge in [0, 0.05) is 38.7 Å². The van der Waals surface area contributed by atoms with E-state index in [2.05, 4.69) is 0 Å². The lowest BCUT2D eigenvalue weighted by Crippen LogP contribution is -2.50. The zero-order valence-electron chi connectivity index (χ0n) is 17.3. The summed E-state index contributed by atoms with van der Waals surface area (Å²) in [4.78, 5) is 41.9. The van der Waals surface area contributed by atoms with Gasteiger partial charge in [0.15, 0.2) is 6.61 Å². The monoisotopic (exact) mass is 407 g/mol. The van der Waals surface area contributed by atoms with Crippen LogP contribution >= 0.6 is 0 Å². The first-order valence-corrected chi connectivity index (χ1v) is 10.1. The van der Waals surface area contributed by atoms with Gasteiger partial charge in [-0.05, 0) is 42.3 Å². The molecule has 0 unspecified atom stereocenters. The Hall–Kier alpha value is -3.35. The van der Waals surface area contributed by atoms with Crippen molar-refractivity contribution < 1.29 is 19.1 Å². The fourth-order valence-corrected chi connectivity index (χ4v) is 3.83. The van der Waals surface area contributed by atoms with Gasteiger partial charge in [0.2, 0.25) is 5.91 Å². The van der Waals surface area contributed by atoms with E-state index >= 15 is 0 Å². The maximum Gasteiger partial charge on any atom is 0.265 e. The van der Waals surface area contributed by atoms with Crippen LogP contribution in [0.2, 0.25) is 0 Å². The Kier molecular flexibility index (Phi) is 5.44. The van der Waals surface area contributed by atoms with Gasteiger partial charge in [0.25, 0.3) is 11.8 Å². The molecule has 2 aliphatic heterocycles. The fraction of sp³-hybridized carbons (Fsp3) is 0.348. The third kappa shape index (κ3) is 4.01. The molecule has 7 heteroatoms. The summed E-state index contributed by atoms with van der Waals surface area (Å²) < 4.78 is 5.53. The molecule has 7 nitrogen and oxygen atoms in total. The second kappa shape index (κ2) is 8.18. The highest BCUT2D eigenvalue weighted by Crippen LogP contribution is 2.33. The second-order valence-electron chi connectivity index (χ2n) is 7.73. The number of benzene rings is 2. The molecule has 1 saturated heterocycles. The van der Waals surface area contributed by atoms with E-state index in [4.69, 9.17) is 4.74 Å². The lowest BCUT2D eigenvalue weighted by molar-refractivity contribution is -0.130. The van der Waals surface area contributed by atoms with Gasteiger partial charge in [0.1, 0.15) is 5.75 Å². The van der Waals surface area contributed by atoms with Crippen molar-refractivity contribution >= 4 is 23.4 Å². The minimum atomic E-state index is -0.0865. The van der Waals surface area contributed by atoms with Crippen molar-refractivity contribution in [2.24, 2.45) is 0 Å². The summed E-state index contributed by atoms with van der Waals surface area (Å²) in [5, 5.41) is 0. The van der Waals surface area contributed by atoms with Gasteiger partial charge < -0.3 is 19.4 Å².